The maximum absolute atomic E-state index is 12.6. The Labute approximate surface area is 110 Å². The second kappa shape index (κ2) is 4.74. The Morgan fingerprint density at radius 2 is 1.83 bits per heavy atom. The largest absolute Gasteiger partial charge is 0.416 e. The Balaban J connectivity index is 2.55. The van der Waals surface area contributed by atoms with Gasteiger partial charge >= 0.3 is 6.18 Å². The minimum atomic E-state index is -4.42. The molecule has 18 heavy (non-hydrogen) atoms. The highest BCUT2D eigenvalue weighted by atomic mass is 35.5. The molecule has 2 aromatic rings. The number of hydrogen-bond acceptors (Lipinski definition) is 2. The molecule has 1 heterocycles. The molecule has 1 aromatic carbocycles. The molecular formula is C11H5Cl2F3N2. The first-order valence-electron chi connectivity index (χ1n) is 4.73. The van der Waals surface area contributed by atoms with Gasteiger partial charge in [0.2, 0.25) is 0 Å². The Morgan fingerprint density at radius 1 is 1.11 bits per heavy atom. The third kappa shape index (κ3) is 2.73. The fourth-order valence-electron chi connectivity index (χ4n) is 1.38. The molecule has 0 fully saturated rings. The number of halogens is 5. The molecule has 0 aliphatic heterocycles. The molecule has 0 aliphatic carbocycles. The van der Waals surface area contributed by atoms with Crippen molar-refractivity contribution in [1.82, 2.24) is 9.97 Å². The first-order chi connectivity index (χ1) is 8.38. The van der Waals surface area contributed by atoms with Crippen molar-refractivity contribution in [3.63, 3.8) is 0 Å². The van der Waals surface area contributed by atoms with E-state index in [1.165, 1.54) is 18.3 Å². The molecule has 2 rings (SSSR count). The summed E-state index contributed by atoms with van der Waals surface area (Å²) >= 11 is 11.4. The van der Waals surface area contributed by atoms with Gasteiger partial charge in [-0.25, -0.2) is 9.97 Å². The topological polar surface area (TPSA) is 25.8 Å². The van der Waals surface area contributed by atoms with Crippen molar-refractivity contribution in [1.29, 1.82) is 0 Å². The van der Waals surface area contributed by atoms with Gasteiger partial charge in [-0.05, 0) is 12.1 Å². The zero-order valence-electron chi connectivity index (χ0n) is 8.67. The summed E-state index contributed by atoms with van der Waals surface area (Å²) in [5.74, 6) is 0. The standard InChI is InChI=1S/C11H5Cl2F3N2/c12-8-5-17-10(13)9(18-8)6-2-1-3-7(4-6)11(14,15)16/h1-5H. The minimum Gasteiger partial charge on any atom is -0.239 e. The SMILES string of the molecule is FC(F)(F)c1cccc(-c2nc(Cl)cnc2Cl)c1. The summed E-state index contributed by atoms with van der Waals surface area (Å²) < 4.78 is 37.7. The van der Waals surface area contributed by atoms with E-state index in [1.54, 1.807) is 0 Å². The molecule has 0 saturated heterocycles. The number of hydrogen-bond donors (Lipinski definition) is 0. The number of nitrogens with zero attached hydrogens (tertiary/aromatic N) is 2. The van der Waals surface area contributed by atoms with Crippen molar-refractivity contribution in [2.45, 2.75) is 6.18 Å². The van der Waals surface area contributed by atoms with Crippen LogP contribution in [0.15, 0.2) is 30.5 Å². The van der Waals surface area contributed by atoms with Gasteiger partial charge in [-0.2, -0.15) is 13.2 Å². The quantitative estimate of drug-likeness (QED) is 0.775. The van der Waals surface area contributed by atoms with Crippen LogP contribution in [0, 0.1) is 0 Å². The van der Waals surface area contributed by atoms with E-state index in [1.807, 2.05) is 0 Å². The van der Waals surface area contributed by atoms with E-state index in [0.717, 1.165) is 12.1 Å². The maximum atomic E-state index is 12.6. The third-order valence-electron chi connectivity index (χ3n) is 2.16. The zero-order chi connectivity index (χ0) is 13.3. The van der Waals surface area contributed by atoms with E-state index in [2.05, 4.69) is 9.97 Å². The van der Waals surface area contributed by atoms with Crippen LogP contribution in [-0.4, -0.2) is 9.97 Å². The molecule has 0 spiro atoms. The van der Waals surface area contributed by atoms with Gasteiger partial charge in [0.1, 0.15) is 10.8 Å². The van der Waals surface area contributed by atoms with Crippen molar-refractivity contribution < 1.29 is 13.2 Å². The monoisotopic (exact) mass is 292 g/mol. The number of alkyl halides is 3. The van der Waals surface area contributed by atoms with Crippen LogP contribution >= 0.6 is 23.2 Å². The molecule has 0 aliphatic rings. The molecule has 0 saturated carbocycles. The highest BCUT2D eigenvalue weighted by Crippen LogP contribution is 2.33. The van der Waals surface area contributed by atoms with Gasteiger partial charge in [-0.1, -0.05) is 35.3 Å². The molecule has 0 unspecified atom stereocenters. The van der Waals surface area contributed by atoms with Crippen molar-refractivity contribution in [3.05, 3.63) is 46.3 Å². The molecule has 0 bridgehead atoms. The van der Waals surface area contributed by atoms with Gasteiger partial charge in [0, 0.05) is 5.56 Å². The van der Waals surface area contributed by atoms with Gasteiger partial charge in [-0.3, -0.25) is 0 Å². The van der Waals surface area contributed by atoms with E-state index in [-0.39, 0.29) is 21.6 Å². The summed E-state index contributed by atoms with van der Waals surface area (Å²) in [5, 5.41) is 0.0607. The lowest BCUT2D eigenvalue weighted by atomic mass is 10.1. The van der Waals surface area contributed by atoms with Crippen LogP contribution in [0.2, 0.25) is 10.3 Å². The summed E-state index contributed by atoms with van der Waals surface area (Å²) in [4.78, 5) is 7.61. The Morgan fingerprint density at radius 3 is 2.50 bits per heavy atom. The van der Waals surface area contributed by atoms with Crippen LogP contribution < -0.4 is 0 Å². The molecule has 2 nitrogen and oxygen atoms in total. The Bertz CT molecular complexity index is 585. The van der Waals surface area contributed by atoms with Gasteiger partial charge in [0.25, 0.3) is 0 Å². The van der Waals surface area contributed by atoms with Crippen molar-refractivity contribution >= 4 is 23.2 Å². The lowest BCUT2D eigenvalue weighted by Crippen LogP contribution is -2.04. The van der Waals surface area contributed by atoms with E-state index in [0.29, 0.717) is 0 Å². The van der Waals surface area contributed by atoms with Crippen LogP contribution in [0.25, 0.3) is 11.3 Å². The molecule has 94 valence electrons. The van der Waals surface area contributed by atoms with E-state index in [9.17, 15) is 13.2 Å². The van der Waals surface area contributed by atoms with Crippen LogP contribution in [0.1, 0.15) is 5.56 Å². The summed E-state index contributed by atoms with van der Waals surface area (Å²) in [6.07, 6.45) is -3.20. The zero-order valence-corrected chi connectivity index (χ0v) is 10.2. The van der Waals surface area contributed by atoms with Crippen LogP contribution in [0.4, 0.5) is 13.2 Å². The lowest BCUT2D eigenvalue weighted by molar-refractivity contribution is -0.137. The molecular weight excluding hydrogens is 288 g/mol. The van der Waals surface area contributed by atoms with Crippen molar-refractivity contribution in [3.8, 4) is 11.3 Å². The number of benzene rings is 1. The normalized spacial score (nSPS) is 11.6. The highest BCUT2D eigenvalue weighted by molar-refractivity contribution is 6.33. The first-order valence-corrected chi connectivity index (χ1v) is 5.49. The summed E-state index contributed by atoms with van der Waals surface area (Å²) in [7, 11) is 0. The molecule has 1 aromatic heterocycles. The van der Waals surface area contributed by atoms with Crippen molar-refractivity contribution in [2.24, 2.45) is 0 Å². The Hall–Kier alpha value is -1.33. The minimum absolute atomic E-state index is 0.00118. The summed E-state index contributed by atoms with van der Waals surface area (Å²) in [6.45, 7) is 0. The summed E-state index contributed by atoms with van der Waals surface area (Å²) in [5.41, 5.74) is -0.446. The third-order valence-corrected chi connectivity index (χ3v) is 2.62. The predicted molar refractivity (Wildman–Crippen MR) is 62.5 cm³/mol. The predicted octanol–water partition coefficient (Wildman–Crippen LogP) is 4.47. The van der Waals surface area contributed by atoms with Crippen LogP contribution in [0.3, 0.4) is 0 Å². The van der Waals surface area contributed by atoms with E-state index < -0.39 is 11.7 Å². The van der Waals surface area contributed by atoms with Gasteiger partial charge < -0.3 is 0 Å². The Kier molecular flexibility index (Phi) is 3.45. The number of aromatic nitrogens is 2. The molecule has 0 radical (unpaired) electrons. The van der Waals surface area contributed by atoms with E-state index in [4.69, 9.17) is 23.2 Å². The fourth-order valence-corrected chi connectivity index (χ4v) is 1.71. The molecule has 0 atom stereocenters. The van der Waals surface area contributed by atoms with Crippen molar-refractivity contribution in [2.75, 3.05) is 0 Å². The van der Waals surface area contributed by atoms with Gasteiger partial charge in [0.05, 0.1) is 11.8 Å². The van der Waals surface area contributed by atoms with Crippen LogP contribution in [0.5, 0.6) is 0 Å². The lowest BCUT2D eigenvalue weighted by Gasteiger charge is -2.09. The van der Waals surface area contributed by atoms with Crippen LogP contribution in [-0.2, 0) is 6.18 Å². The fraction of sp³-hybridized carbons (Fsp3) is 0.0909. The second-order valence-corrected chi connectivity index (χ2v) is 4.16. The smallest absolute Gasteiger partial charge is 0.239 e. The highest BCUT2D eigenvalue weighted by Gasteiger charge is 2.30. The summed E-state index contributed by atoms with van der Waals surface area (Å²) in [6, 6.07) is 4.65. The van der Waals surface area contributed by atoms with Gasteiger partial charge in [-0.15, -0.1) is 0 Å². The average Bonchev–Trinajstić information content (AvgIpc) is 2.31. The number of rotatable bonds is 1. The molecule has 7 heteroatoms. The maximum Gasteiger partial charge on any atom is 0.416 e. The van der Waals surface area contributed by atoms with E-state index >= 15 is 0 Å². The van der Waals surface area contributed by atoms with Gasteiger partial charge in [0.15, 0.2) is 5.15 Å². The average molecular weight is 293 g/mol. The second-order valence-electron chi connectivity index (χ2n) is 3.41. The molecule has 0 N–H and O–H groups in total. The molecule has 0 amide bonds. The first kappa shape index (κ1) is 13.1.